The zero-order chi connectivity index (χ0) is 26.5. The zero-order valence-electron chi connectivity index (χ0n) is 21.8. The minimum Gasteiger partial charge on any atom is -0.310 e. The number of fused-ring (bicyclic) bond motifs is 6. The van der Waals surface area contributed by atoms with E-state index in [4.69, 9.17) is 0 Å². The van der Waals surface area contributed by atoms with Crippen molar-refractivity contribution in [1.82, 2.24) is 0 Å². The van der Waals surface area contributed by atoms with Crippen LogP contribution in [-0.4, -0.2) is 0 Å². The SMILES string of the molecule is c1ccc(N(c2ccccc2)c2cc3c(sc4cccc(-c5cccc6ccccc56)c43)c3ccccc23)cc1. The highest BCUT2D eigenvalue weighted by atomic mass is 32.1. The van der Waals surface area contributed by atoms with E-state index in [9.17, 15) is 0 Å². The van der Waals surface area contributed by atoms with E-state index in [1.165, 1.54) is 58.5 Å². The minimum atomic E-state index is 1.15. The van der Waals surface area contributed by atoms with Crippen molar-refractivity contribution in [1.29, 1.82) is 0 Å². The molecule has 8 aromatic rings. The molecule has 0 radical (unpaired) electrons. The molecule has 0 amide bonds. The van der Waals surface area contributed by atoms with Crippen LogP contribution in [0.25, 0.3) is 52.8 Å². The third kappa shape index (κ3) is 3.61. The fourth-order valence-electron chi connectivity index (χ4n) is 6.08. The van der Waals surface area contributed by atoms with Crippen LogP contribution in [0.4, 0.5) is 17.1 Å². The van der Waals surface area contributed by atoms with Crippen molar-refractivity contribution in [2.45, 2.75) is 0 Å². The Morgan fingerprint density at radius 3 is 1.75 bits per heavy atom. The first-order valence-electron chi connectivity index (χ1n) is 13.6. The van der Waals surface area contributed by atoms with Crippen LogP contribution in [0.2, 0.25) is 0 Å². The molecule has 0 aliphatic rings. The van der Waals surface area contributed by atoms with E-state index >= 15 is 0 Å². The number of thiophene rings is 1. The van der Waals surface area contributed by atoms with Gasteiger partial charge in [-0.05, 0) is 58.3 Å². The van der Waals surface area contributed by atoms with Crippen molar-refractivity contribution < 1.29 is 0 Å². The van der Waals surface area contributed by atoms with Gasteiger partial charge in [-0.2, -0.15) is 0 Å². The van der Waals surface area contributed by atoms with E-state index < -0.39 is 0 Å². The first kappa shape index (κ1) is 23.0. The summed E-state index contributed by atoms with van der Waals surface area (Å²) >= 11 is 1.90. The summed E-state index contributed by atoms with van der Waals surface area (Å²) in [7, 11) is 0. The molecular formula is C38H25NS. The number of hydrogen-bond acceptors (Lipinski definition) is 2. The molecule has 7 aromatic carbocycles. The number of benzene rings is 7. The van der Waals surface area contributed by atoms with Crippen molar-refractivity contribution in [3.63, 3.8) is 0 Å². The molecule has 1 nitrogen and oxygen atoms in total. The summed E-state index contributed by atoms with van der Waals surface area (Å²) in [4.78, 5) is 2.39. The first-order chi connectivity index (χ1) is 19.9. The highest BCUT2D eigenvalue weighted by Crippen LogP contribution is 2.48. The fraction of sp³-hybridized carbons (Fsp3) is 0. The molecule has 0 aliphatic heterocycles. The van der Waals surface area contributed by atoms with Crippen molar-refractivity contribution in [2.75, 3.05) is 4.90 Å². The summed E-state index contributed by atoms with van der Waals surface area (Å²) < 4.78 is 2.65. The van der Waals surface area contributed by atoms with Crippen LogP contribution in [0.3, 0.4) is 0 Å². The summed E-state index contributed by atoms with van der Waals surface area (Å²) in [5.41, 5.74) is 6.04. The van der Waals surface area contributed by atoms with Gasteiger partial charge in [0, 0.05) is 42.3 Å². The summed E-state index contributed by atoms with van der Waals surface area (Å²) in [6.45, 7) is 0. The Balaban J connectivity index is 1.50. The zero-order valence-corrected chi connectivity index (χ0v) is 22.6. The van der Waals surface area contributed by atoms with Gasteiger partial charge in [0.1, 0.15) is 0 Å². The molecule has 0 saturated carbocycles. The number of anilines is 3. The van der Waals surface area contributed by atoms with Crippen LogP contribution in [0.5, 0.6) is 0 Å². The highest BCUT2D eigenvalue weighted by molar-refractivity contribution is 7.26. The van der Waals surface area contributed by atoms with Gasteiger partial charge in [-0.3, -0.25) is 0 Å². The molecule has 0 saturated heterocycles. The molecule has 188 valence electrons. The summed E-state index contributed by atoms with van der Waals surface area (Å²) in [5.74, 6) is 0. The Morgan fingerprint density at radius 2 is 1.00 bits per heavy atom. The maximum absolute atomic E-state index is 2.42. The van der Waals surface area contributed by atoms with Gasteiger partial charge in [0.15, 0.2) is 0 Å². The predicted octanol–water partition coefficient (Wildman–Crippen LogP) is 11.5. The van der Waals surface area contributed by atoms with E-state index in [2.05, 4.69) is 157 Å². The van der Waals surface area contributed by atoms with E-state index in [-0.39, 0.29) is 0 Å². The van der Waals surface area contributed by atoms with Gasteiger partial charge in [0.2, 0.25) is 0 Å². The van der Waals surface area contributed by atoms with E-state index in [1.807, 2.05) is 11.3 Å². The van der Waals surface area contributed by atoms with Crippen molar-refractivity contribution in [3.05, 3.63) is 152 Å². The Kier molecular flexibility index (Phi) is 5.39. The molecule has 1 heterocycles. The topological polar surface area (TPSA) is 3.24 Å². The van der Waals surface area contributed by atoms with Crippen molar-refractivity contribution in [3.8, 4) is 11.1 Å². The molecule has 0 aliphatic carbocycles. The van der Waals surface area contributed by atoms with Gasteiger partial charge in [0.25, 0.3) is 0 Å². The largest absolute Gasteiger partial charge is 0.310 e. The minimum absolute atomic E-state index is 1.15. The normalized spacial score (nSPS) is 11.5. The highest BCUT2D eigenvalue weighted by Gasteiger charge is 2.20. The molecule has 1 aromatic heterocycles. The van der Waals surface area contributed by atoms with E-state index in [0.717, 1.165) is 11.4 Å². The average Bonchev–Trinajstić information content (AvgIpc) is 3.41. The Hall–Kier alpha value is -4.92. The van der Waals surface area contributed by atoms with E-state index in [0.29, 0.717) is 0 Å². The third-order valence-corrected chi connectivity index (χ3v) is 9.03. The Labute approximate surface area is 237 Å². The quantitative estimate of drug-likeness (QED) is 0.220. The van der Waals surface area contributed by atoms with Crippen LogP contribution in [0.15, 0.2) is 152 Å². The lowest BCUT2D eigenvalue weighted by molar-refractivity contribution is 1.30. The standard InChI is InChI=1S/C38H25NS/c1-3-15-27(16-4-1)39(28-17-5-2-6-18-28)35-25-34-37-32(30-22-11-14-26-13-7-8-19-29(26)30)23-12-24-36(37)40-38(34)33-21-10-9-20-31(33)35/h1-25H. The third-order valence-electron chi connectivity index (χ3n) is 7.83. The lowest BCUT2D eigenvalue weighted by Gasteiger charge is -2.27. The summed E-state index contributed by atoms with van der Waals surface area (Å²) in [6.07, 6.45) is 0. The van der Waals surface area contributed by atoms with Gasteiger partial charge in [-0.1, -0.05) is 115 Å². The molecule has 0 unspecified atom stereocenters. The van der Waals surface area contributed by atoms with E-state index in [1.54, 1.807) is 0 Å². The second kappa shape index (κ2) is 9.37. The second-order valence-corrected chi connectivity index (χ2v) is 11.2. The first-order valence-corrected chi connectivity index (χ1v) is 14.4. The molecule has 0 bridgehead atoms. The van der Waals surface area contributed by atoms with Crippen LogP contribution < -0.4 is 4.90 Å². The molecule has 0 atom stereocenters. The fourth-order valence-corrected chi connectivity index (χ4v) is 7.33. The van der Waals surface area contributed by atoms with Crippen LogP contribution >= 0.6 is 11.3 Å². The average molecular weight is 528 g/mol. The van der Waals surface area contributed by atoms with Gasteiger partial charge in [-0.15, -0.1) is 11.3 Å². The number of para-hydroxylation sites is 2. The number of nitrogens with zero attached hydrogens (tertiary/aromatic N) is 1. The van der Waals surface area contributed by atoms with Crippen LogP contribution in [0, 0.1) is 0 Å². The molecule has 8 rings (SSSR count). The monoisotopic (exact) mass is 527 g/mol. The number of hydrogen-bond donors (Lipinski definition) is 0. The molecular weight excluding hydrogens is 502 g/mol. The van der Waals surface area contributed by atoms with Gasteiger partial charge < -0.3 is 4.90 Å². The maximum atomic E-state index is 2.42. The smallest absolute Gasteiger partial charge is 0.0547 e. The summed E-state index contributed by atoms with van der Waals surface area (Å²) in [5, 5.41) is 7.72. The second-order valence-electron chi connectivity index (χ2n) is 10.1. The van der Waals surface area contributed by atoms with Gasteiger partial charge in [-0.25, -0.2) is 0 Å². The number of rotatable bonds is 4. The molecule has 0 fully saturated rings. The Bertz CT molecular complexity index is 2120. The molecule has 0 spiro atoms. The molecule has 40 heavy (non-hydrogen) atoms. The molecule has 2 heteroatoms. The molecule has 0 N–H and O–H groups in total. The van der Waals surface area contributed by atoms with Gasteiger partial charge in [0.05, 0.1) is 5.69 Å². The predicted molar refractivity (Wildman–Crippen MR) is 174 cm³/mol. The lowest BCUT2D eigenvalue weighted by Crippen LogP contribution is -2.10. The van der Waals surface area contributed by atoms with Gasteiger partial charge >= 0.3 is 0 Å². The van der Waals surface area contributed by atoms with Crippen LogP contribution in [-0.2, 0) is 0 Å². The van der Waals surface area contributed by atoms with Crippen molar-refractivity contribution >= 4 is 70.1 Å². The van der Waals surface area contributed by atoms with Crippen LogP contribution in [0.1, 0.15) is 0 Å². The maximum Gasteiger partial charge on any atom is 0.0547 e. The Morgan fingerprint density at radius 1 is 0.425 bits per heavy atom. The summed E-state index contributed by atoms with van der Waals surface area (Å²) in [6, 6.07) is 54.8. The lowest BCUT2D eigenvalue weighted by atomic mass is 9.94. The van der Waals surface area contributed by atoms with Crippen molar-refractivity contribution in [2.24, 2.45) is 0 Å².